The van der Waals surface area contributed by atoms with Crippen molar-refractivity contribution in [2.24, 2.45) is 0 Å². The molecule has 0 saturated heterocycles. The summed E-state index contributed by atoms with van der Waals surface area (Å²) in [6, 6.07) is 13.3. The van der Waals surface area contributed by atoms with Crippen LogP contribution in [0.15, 0.2) is 48.5 Å². The van der Waals surface area contributed by atoms with Crippen molar-refractivity contribution < 1.29 is 19.1 Å². The predicted molar refractivity (Wildman–Crippen MR) is 124 cm³/mol. The molecule has 2 aromatic carbocycles. The molecular formula is C22H18Cl2N2O4S. The van der Waals surface area contributed by atoms with Gasteiger partial charge in [-0.25, -0.2) is 4.79 Å². The summed E-state index contributed by atoms with van der Waals surface area (Å²) < 4.78 is 5.09. The zero-order valence-electron chi connectivity index (χ0n) is 16.6. The van der Waals surface area contributed by atoms with Gasteiger partial charge in [0.2, 0.25) is 0 Å². The van der Waals surface area contributed by atoms with E-state index in [1.807, 2.05) is 6.07 Å². The molecule has 0 saturated carbocycles. The molecule has 0 unspecified atom stereocenters. The second kappa shape index (κ2) is 9.96. The Balaban J connectivity index is 1.99. The van der Waals surface area contributed by atoms with Gasteiger partial charge in [0.05, 0.1) is 22.8 Å². The number of nitrogens with one attached hydrogen (secondary N) is 2. The number of hydrogen-bond acceptors (Lipinski definition) is 5. The van der Waals surface area contributed by atoms with Gasteiger partial charge < -0.3 is 15.4 Å². The van der Waals surface area contributed by atoms with Crippen LogP contribution in [0.1, 0.15) is 42.9 Å². The van der Waals surface area contributed by atoms with Gasteiger partial charge in [-0.1, -0.05) is 41.4 Å². The van der Waals surface area contributed by atoms with E-state index in [2.05, 4.69) is 10.6 Å². The van der Waals surface area contributed by atoms with Gasteiger partial charge >= 0.3 is 5.97 Å². The van der Waals surface area contributed by atoms with Crippen molar-refractivity contribution in [2.45, 2.75) is 13.8 Å². The van der Waals surface area contributed by atoms with Gasteiger partial charge in [-0.15, -0.1) is 11.3 Å². The summed E-state index contributed by atoms with van der Waals surface area (Å²) in [4.78, 5) is 38.4. The lowest BCUT2D eigenvalue weighted by Gasteiger charge is -2.10. The maximum absolute atomic E-state index is 13.0. The standard InChI is InChI=1S/C22H18Cl2N2O4S/c1-3-30-22(29)18-12(2)17(20(28)25-14-7-5-4-6-8-14)21(31-18)26-19(27)15-10-9-13(23)11-16(15)24/h4-11H,3H2,1-2H3,(H,25,28)(H,26,27). The van der Waals surface area contributed by atoms with Gasteiger partial charge in [0.15, 0.2) is 0 Å². The van der Waals surface area contributed by atoms with Crippen LogP contribution in [0, 0.1) is 6.92 Å². The molecule has 6 nitrogen and oxygen atoms in total. The van der Waals surface area contributed by atoms with Crippen molar-refractivity contribution in [2.75, 3.05) is 17.2 Å². The third-order valence-corrected chi connectivity index (χ3v) is 6.00. The number of benzene rings is 2. The van der Waals surface area contributed by atoms with Gasteiger partial charge in [-0.05, 0) is 49.7 Å². The third-order valence-electron chi connectivity index (χ3n) is 4.27. The fourth-order valence-corrected chi connectivity index (χ4v) is 4.41. The summed E-state index contributed by atoms with van der Waals surface area (Å²) >= 11 is 13.0. The summed E-state index contributed by atoms with van der Waals surface area (Å²) in [5, 5.41) is 6.24. The first-order chi connectivity index (χ1) is 14.8. The number of para-hydroxylation sites is 1. The molecule has 2 N–H and O–H groups in total. The smallest absolute Gasteiger partial charge is 0.348 e. The SMILES string of the molecule is CCOC(=O)c1sc(NC(=O)c2ccc(Cl)cc2Cl)c(C(=O)Nc2ccccc2)c1C. The minimum absolute atomic E-state index is 0.166. The summed E-state index contributed by atoms with van der Waals surface area (Å²) in [7, 11) is 0. The number of halogens is 2. The molecule has 9 heteroatoms. The molecule has 31 heavy (non-hydrogen) atoms. The van der Waals surface area contributed by atoms with Gasteiger partial charge in [0.25, 0.3) is 11.8 Å². The van der Waals surface area contributed by atoms with Crippen molar-refractivity contribution >= 4 is 63.0 Å². The molecule has 0 fully saturated rings. The quantitative estimate of drug-likeness (QED) is 0.424. The minimum Gasteiger partial charge on any atom is -0.462 e. The van der Waals surface area contributed by atoms with Crippen LogP contribution in [-0.4, -0.2) is 24.4 Å². The van der Waals surface area contributed by atoms with E-state index >= 15 is 0 Å². The van der Waals surface area contributed by atoms with Gasteiger partial charge in [0.1, 0.15) is 9.88 Å². The Kier molecular flexibility index (Phi) is 7.33. The fourth-order valence-electron chi connectivity index (χ4n) is 2.83. The van der Waals surface area contributed by atoms with Crippen LogP contribution in [0.5, 0.6) is 0 Å². The van der Waals surface area contributed by atoms with Crippen LogP contribution in [0.25, 0.3) is 0 Å². The van der Waals surface area contributed by atoms with E-state index in [1.54, 1.807) is 38.1 Å². The number of carbonyl (C=O) groups excluding carboxylic acids is 3. The fraction of sp³-hybridized carbons (Fsp3) is 0.136. The third kappa shape index (κ3) is 5.25. The van der Waals surface area contributed by atoms with Crippen LogP contribution in [0.3, 0.4) is 0 Å². The molecule has 0 spiro atoms. The van der Waals surface area contributed by atoms with Crippen molar-refractivity contribution in [1.82, 2.24) is 0 Å². The molecule has 0 bridgehead atoms. The number of ether oxygens (including phenoxy) is 1. The van der Waals surface area contributed by atoms with Crippen LogP contribution >= 0.6 is 34.5 Å². The number of amides is 2. The molecule has 0 aliphatic rings. The second-order valence-electron chi connectivity index (χ2n) is 6.38. The molecule has 0 aliphatic carbocycles. The van der Waals surface area contributed by atoms with Crippen LogP contribution in [0.4, 0.5) is 10.7 Å². The first-order valence-corrected chi connectivity index (χ1v) is 10.8. The normalized spacial score (nSPS) is 10.5. The molecule has 1 aromatic heterocycles. The predicted octanol–water partition coefficient (Wildman–Crippen LogP) is 6.04. The van der Waals surface area contributed by atoms with Crippen LogP contribution in [-0.2, 0) is 4.74 Å². The molecule has 160 valence electrons. The Bertz CT molecular complexity index is 1150. The molecule has 0 aliphatic heterocycles. The molecule has 2 amide bonds. The van der Waals surface area contributed by atoms with Crippen molar-refractivity contribution in [3.63, 3.8) is 0 Å². The maximum atomic E-state index is 13.0. The highest BCUT2D eigenvalue weighted by Gasteiger charge is 2.27. The molecule has 0 atom stereocenters. The zero-order valence-corrected chi connectivity index (χ0v) is 19.0. The topological polar surface area (TPSA) is 84.5 Å². The summed E-state index contributed by atoms with van der Waals surface area (Å²) in [6.07, 6.45) is 0. The number of carbonyl (C=O) groups is 3. The van der Waals surface area contributed by atoms with Gasteiger partial charge in [-0.3, -0.25) is 9.59 Å². The molecule has 0 radical (unpaired) electrons. The Morgan fingerprint density at radius 3 is 2.35 bits per heavy atom. The summed E-state index contributed by atoms with van der Waals surface area (Å²) in [5.41, 5.74) is 1.35. The monoisotopic (exact) mass is 476 g/mol. The highest BCUT2D eigenvalue weighted by Crippen LogP contribution is 2.35. The highest BCUT2D eigenvalue weighted by atomic mass is 35.5. The first kappa shape index (κ1) is 22.8. The van der Waals surface area contributed by atoms with Gasteiger partial charge in [-0.2, -0.15) is 0 Å². The number of esters is 1. The zero-order chi connectivity index (χ0) is 22.5. The molecular weight excluding hydrogens is 459 g/mol. The van der Waals surface area contributed by atoms with Crippen molar-refractivity contribution in [1.29, 1.82) is 0 Å². The molecule has 3 rings (SSSR count). The average Bonchev–Trinajstić information content (AvgIpc) is 3.04. The van der Waals surface area contributed by atoms with E-state index in [4.69, 9.17) is 27.9 Å². The number of hydrogen-bond donors (Lipinski definition) is 2. The van der Waals surface area contributed by atoms with Crippen LogP contribution < -0.4 is 10.6 Å². The molecule has 3 aromatic rings. The minimum atomic E-state index is -0.566. The van der Waals surface area contributed by atoms with Crippen LogP contribution in [0.2, 0.25) is 10.0 Å². The Hall–Kier alpha value is -2.87. The Morgan fingerprint density at radius 2 is 1.71 bits per heavy atom. The van der Waals surface area contributed by atoms with E-state index in [1.165, 1.54) is 18.2 Å². The maximum Gasteiger partial charge on any atom is 0.348 e. The lowest BCUT2D eigenvalue weighted by molar-refractivity contribution is 0.0531. The lowest BCUT2D eigenvalue weighted by Crippen LogP contribution is -2.18. The average molecular weight is 477 g/mol. The lowest BCUT2D eigenvalue weighted by atomic mass is 10.1. The van der Waals surface area contributed by atoms with Crippen molar-refractivity contribution in [3.8, 4) is 0 Å². The number of anilines is 2. The second-order valence-corrected chi connectivity index (χ2v) is 8.24. The Labute approximate surface area is 193 Å². The van der Waals surface area contributed by atoms with E-state index in [0.29, 0.717) is 16.3 Å². The van der Waals surface area contributed by atoms with E-state index < -0.39 is 17.8 Å². The first-order valence-electron chi connectivity index (χ1n) is 9.25. The van der Waals surface area contributed by atoms with E-state index in [0.717, 1.165) is 11.3 Å². The highest BCUT2D eigenvalue weighted by molar-refractivity contribution is 7.18. The summed E-state index contributed by atoms with van der Waals surface area (Å²) in [6.45, 7) is 3.51. The Morgan fingerprint density at radius 1 is 1.00 bits per heavy atom. The summed E-state index contributed by atoms with van der Waals surface area (Å²) in [5.74, 6) is -1.57. The van der Waals surface area contributed by atoms with Crippen molar-refractivity contribution in [3.05, 3.63) is 80.1 Å². The number of thiophene rings is 1. The van der Waals surface area contributed by atoms with E-state index in [9.17, 15) is 14.4 Å². The molecule has 1 heterocycles. The largest absolute Gasteiger partial charge is 0.462 e. The number of rotatable bonds is 6. The van der Waals surface area contributed by atoms with Gasteiger partial charge in [0, 0.05) is 10.7 Å². The van der Waals surface area contributed by atoms with E-state index in [-0.39, 0.29) is 32.6 Å².